The highest BCUT2D eigenvalue weighted by atomic mass is 16.7. The summed E-state index contributed by atoms with van der Waals surface area (Å²) in [5.74, 6) is -11.0. The van der Waals surface area contributed by atoms with Crippen molar-refractivity contribution in [2.45, 2.75) is 380 Å². The van der Waals surface area contributed by atoms with Gasteiger partial charge in [-0.25, -0.2) is 0 Å². The van der Waals surface area contributed by atoms with Gasteiger partial charge < -0.3 is 148 Å². The number of hydrogen-bond acceptors (Lipinski definition) is 40. The molecule has 10 N–H and O–H groups in total. The third kappa shape index (κ3) is 56.3. The van der Waals surface area contributed by atoms with Gasteiger partial charge in [0.2, 0.25) is 59.1 Å². The molecule has 19 atom stereocenters. The molecule has 0 aromatic carbocycles. The second-order valence-electron chi connectivity index (χ2n) is 35.7. The number of unbranched alkanes of at least 4 members (excludes halogenated alkanes) is 11. The van der Waals surface area contributed by atoms with Crippen LogP contribution >= 0.6 is 0 Å². The fourth-order valence-corrected chi connectivity index (χ4v) is 16.0. The van der Waals surface area contributed by atoms with Gasteiger partial charge in [-0.3, -0.25) is 95.9 Å². The Bertz CT molecular complexity index is 4110. The molecule has 4 aliphatic rings. The highest BCUT2D eigenvalue weighted by molar-refractivity contribution is 5.80. The minimum absolute atomic E-state index is 0.0179. The fraction of sp³-hybridized carbons (Fsp3) is 0.794. The van der Waals surface area contributed by atoms with Crippen molar-refractivity contribution in [3.63, 3.8) is 0 Å². The first-order chi connectivity index (χ1) is 70.1. The zero-order valence-corrected chi connectivity index (χ0v) is 87.1. The van der Waals surface area contributed by atoms with Crippen LogP contribution in [0.2, 0.25) is 0 Å². The molecule has 2 unspecified atom stereocenters. The van der Waals surface area contributed by atoms with Gasteiger partial charge in [-0.2, -0.15) is 0 Å². The fourth-order valence-electron chi connectivity index (χ4n) is 16.0. The third-order valence-electron chi connectivity index (χ3n) is 22.7. The lowest BCUT2D eigenvalue weighted by molar-refractivity contribution is -0.277. The Morgan fingerprint density at radius 3 is 0.830 bits per heavy atom. The van der Waals surface area contributed by atoms with E-state index in [2.05, 4.69) is 53.2 Å². The molecule has 50 heteroatoms. The summed E-state index contributed by atoms with van der Waals surface area (Å²) in [6.07, 6.45) is -7.73. The van der Waals surface area contributed by atoms with Crippen LogP contribution < -0.4 is 53.2 Å². The average molecular weight is 2100 g/mol. The lowest BCUT2D eigenvalue weighted by atomic mass is 9.96. The molecule has 4 fully saturated rings. The van der Waals surface area contributed by atoms with E-state index in [0.717, 1.165) is 120 Å². The van der Waals surface area contributed by atoms with E-state index in [1.165, 1.54) is 20.8 Å². The van der Waals surface area contributed by atoms with E-state index in [4.69, 9.17) is 94.7 Å². The van der Waals surface area contributed by atoms with Crippen molar-refractivity contribution in [3.8, 4) is 0 Å². The van der Waals surface area contributed by atoms with E-state index in [9.17, 15) is 95.9 Å². The molecule has 4 saturated heterocycles. The van der Waals surface area contributed by atoms with Crippen LogP contribution in [0, 0.1) is 0 Å². The number of hydrogen-bond donors (Lipinski definition) is 10. The summed E-state index contributed by atoms with van der Waals surface area (Å²) in [5, 5.41) is 27.7. The Morgan fingerprint density at radius 2 is 0.524 bits per heavy atom. The van der Waals surface area contributed by atoms with Gasteiger partial charge in [0, 0.05) is 200 Å². The Hall–Kier alpha value is -11.0. The normalized spacial score (nSPS) is 22.9. The van der Waals surface area contributed by atoms with E-state index in [1.54, 1.807) is 0 Å². The van der Waals surface area contributed by atoms with Crippen LogP contribution in [0.5, 0.6) is 0 Å². The first-order valence-corrected chi connectivity index (χ1v) is 50.7. The number of nitrogens with one attached hydrogen (secondary N) is 10. The molecular formula is C97H158N10O40. The summed E-state index contributed by atoms with van der Waals surface area (Å²) in [4.78, 5) is 251. The number of rotatable bonds is 73. The van der Waals surface area contributed by atoms with Crippen molar-refractivity contribution in [1.82, 2.24) is 53.2 Å². The maximum Gasteiger partial charge on any atom is 0.305 e. The molecule has 0 aromatic rings. The topological polar surface area (TPSA) is 646 Å². The van der Waals surface area contributed by atoms with Crippen LogP contribution in [0.1, 0.15) is 263 Å². The predicted octanol–water partition coefficient (Wildman–Crippen LogP) is 1.47. The molecule has 0 saturated carbocycles. The minimum Gasteiger partial charge on any atom is -0.466 e. The first-order valence-electron chi connectivity index (χ1n) is 50.7. The predicted molar refractivity (Wildman–Crippen MR) is 511 cm³/mol. The third-order valence-corrected chi connectivity index (χ3v) is 22.7. The molecule has 0 bridgehead atoms. The van der Waals surface area contributed by atoms with Gasteiger partial charge in [0.1, 0.15) is 80.7 Å². The van der Waals surface area contributed by atoms with E-state index >= 15 is 0 Å². The second-order valence-corrected chi connectivity index (χ2v) is 35.7. The van der Waals surface area contributed by atoms with Gasteiger partial charge in [0.05, 0.1) is 33.0 Å². The Labute approximate surface area is 857 Å². The lowest BCUT2D eigenvalue weighted by Crippen LogP contribution is -2.66. The van der Waals surface area contributed by atoms with E-state index in [-0.39, 0.29) is 167 Å². The summed E-state index contributed by atoms with van der Waals surface area (Å²) in [6.45, 7) is 15.0. The standard InChI is InChI=1S/C97H158N10O40/c1-14-15-47-129-83(127)37-23-21-19-17-16-18-20-22-33-79(123)104-54-71-87(130-52-39-81(125)102-45-31-42-99-77(121)35-25-28-49-133-96-85(106-60(3)109)93(143-69(12)118)90(140-66(9)115)74(146-96)57-136-63(6)112)88(131-53-40-82(126)103-46-32-43-100-78(122)36-26-29-50-134-97-86(107-61(4)110)94(144-70(13)119)91(141-67(10)116)75(147-97)58-137-64(7)113)72(55-138-71)128-51-38-80(124)101-44-30-41-98-76(120)34-24-27-48-132-95-84(105-59(2)108)92(142-68(11)117)89(139-65(8)114)73(145-95)56-135-62(5)111/h71-75,84-97H,14-58H2,1-13H3,(H,98,120)(H,99,121)(H,100,122)(H,101,124)(H,102,125)(H,103,126)(H,104,123)(H,105,108)(H,106,109)(H,107,110)/t71-,72+,73-,74-,75-,84-,85-,86?,87-,88?,89+,90+,91+,92-,93-,94-,95-,96-,97-/m1/s1. The smallest absolute Gasteiger partial charge is 0.305 e. The number of carbonyl (C=O) groups excluding carboxylic acids is 20. The van der Waals surface area contributed by atoms with Crippen molar-refractivity contribution in [3.05, 3.63) is 0 Å². The average Bonchev–Trinajstić information content (AvgIpc) is 0.787. The van der Waals surface area contributed by atoms with Gasteiger partial charge in [0.15, 0.2) is 55.5 Å². The van der Waals surface area contributed by atoms with Gasteiger partial charge in [0.25, 0.3) is 0 Å². The van der Waals surface area contributed by atoms with Crippen LogP contribution in [-0.4, -0.2) is 354 Å². The van der Waals surface area contributed by atoms with E-state index < -0.39 is 225 Å². The summed E-state index contributed by atoms with van der Waals surface area (Å²) >= 11 is 0. The number of carbonyl (C=O) groups is 20. The van der Waals surface area contributed by atoms with Crippen LogP contribution in [0.15, 0.2) is 0 Å². The van der Waals surface area contributed by atoms with Crippen LogP contribution in [0.3, 0.4) is 0 Å². The molecule has 4 heterocycles. The molecule has 0 aliphatic carbocycles. The summed E-state index contributed by atoms with van der Waals surface area (Å²) < 4.78 is 116. The molecule has 0 radical (unpaired) electrons. The Morgan fingerprint density at radius 1 is 0.245 bits per heavy atom. The zero-order valence-electron chi connectivity index (χ0n) is 87.1. The number of ether oxygens (including phenoxy) is 20. The first kappa shape index (κ1) is 128. The second kappa shape index (κ2) is 74.0. The van der Waals surface area contributed by atoms with Crippen molar-refractivity contribution in [2.24, 2.45) is 0 Å². The maximum absolute atomic E-state index is 13.6. The maximum atomic E-state index is 13.6. The van der Waals surface area contributed by atoms with E-state index in [0.29, 0.717) is 77.2 Å². The van der Waals surface area contributed by atoms with Crippen molar-refractivity contribution in [1.29, 1.82) is 0 Å². The Kier molecular flexibility index (Phi) is 64.6. The van der Waals surface area contributed by atoms with Gasteiger partial charge in [-0.05, 0) is 77.0 Å². The molecule has 10 amide bonds. The SMILES string of the molecule is CCCCOC(=O)CCCCCCCCCCC(=O)NC[C@H]1OC[C@H](OCCC(=O)NCCCNC(=O)CCCCO[C@@H]2O[C@H](COC(C)=O)[C@H](OC(C)=O)[C@H](OC(C)=O)[C@H]2NC(C)=O)C(OCCC(=O)NCCCNC(=O)CCCCO[C@@H]2O[C@H](COC(C)=O)[C@H](OC(C)=O)[C@H](OC(C)=O)C2NC(C)=O)[C@@H]1OCCC(=O)NCCCNC(=O)CCCCO[C@@H]1O[C@H](COC(C)=O)[C@H](OC(C)=O)[C@H](OC(C)=O)[C@H]1NC(C)=O. The minimum atomic E-state index is -1.32. The molecule has 0 spiro atoms. The molecule has 836 valence electrons. The van der Waals surface area contributed by atoms with Crippen LogP contribution in [-0.2, 0) is 191 Å². The Balaban J connectivity index is 1.42. The molecule has 4 rings (SSSR count). The van der Waals surface area contributed by atoms with Gasteiger partial charge >= 0.3 is 59.7 Å². The molecule has 0 aromatic heterocycles. The number of amides is 10. The molecular weight excluding hydrogens is 1950 g/mol. The highest BCUT2D eigenvalue weighted by Gasteiger charge is 2.55. The zero-order chi connectivity index (χ0) is 109. The summed E-state index contributed by atoms with van der Waals surface area (Å²) in [7, 11) is 0. The quantitative estimate of drug-likeness (QED) is 0.0234. The molecule has 147 heavy (non-hydrogen) atoms. The van der Waals surface area contributed by atoms with Gasteiger partial charge in [-0.15, -0.1) is 0 Å². The highest BCUT2D eigenvalue weighted by Crippen LogP contribution is 2.33. The molecule has 50 nitrogen and oxygen atoms in total. The number of esters is 10. The summed E-state index contributed by atoms with van der Waals surface area (Å²) in [5.41, 5.74) is 0. The van der Waals surface area contributed by atoms with Crippen molar-refractivity contribution < 1.29 is 191 Å². The lowest BCUT2D eigenvalue weighted by Gasteiger charge is -2.44. The molecule has 4 aliphatic heterocycles. The van der Waals surface area contributed by atoms with Crippen LogP contribution in [0.25, 0.3) is 0 Å². The van der Waals surface area contributed by atoms with Crippen LogP contribution in [0.4, 0.5) is 0 Å². The summed E-state index contributed by atoms with van der Waals surface area (Å²) in [6, 6.07) is -3.54. The van der Waals surface area contributed by atoms with Crippen molar-refractivity contribution >= 4 is 119 Å². The van der Waals surface area contributed by atoms with Crippen molar-refractivity contribution in [2.75, 3.05) is 118 Å². The van der Waals surface area contributed by atoms with Gasteiger partial charge in [-0.1, -0.05) is 51.9 Å². The largest absolute Gasteiger partial charge is 0.466 e. The monoisotopic (exact) mass is 2100 g/mol. The van der Waals surface area contributed by atoms with E-state index in [1.807, 2.05) is 6.92 Å².